The van der Waals surface area contributed by atoms with Crippen molar-refractivity contribution in [3.05, 3.63) is 35.4 Å². The summed E-state index contributed by atoms with van der Waals surface area (Å²) in [6.45, 7) is 1.31. The van der Waals surface area contributed by atoms with Gasteiger partial charge < -0.3 is 9.84 Å². The summed E-state index contributed by atoms with van der Waals surface area (Å²) < 4.78 is 4.30. The van der Waals surface area contributed by atoms with Crippen molar-refractivity contribution in [3.8, 4) is 0 Å². The molecule has 0 aliphatic heterocycles. The molecule has 4 heteroatoms. The monoisotopic (exact) mass is 236 g/mol. The number of esters is 1. The highest BCUT2D eigenvalue weighted by atomic mass is 16.5. The molecule has 1 aromatic carbocycles. The minimum atomic E-state index is -0.353. The largest absolute Gasteiger partial charge is 0.463 e. The Morgan fingerprint density at radius 3 is 2.59 bits per heavy atom. The van der Waals surface area contributed by atoms with Crippen LogP contribution in [-0.2, 0) is 16.0 Å². The van der Waals surface area contributed by atoms with Crippen LogP contribution in [0.25, 0.3) is 0 Å². The summed E-state index contributed by atoms with van der Waals surface area (Å²) in [4.78, 5) is 20.9. The number of ketones is 1. The van der Waals surface area contributed by atoms with Gasteiger partial charge >= 0.3 is 5.97 Å². The summed E-state index contributed by atoms with van der Waals surface area (Å²) >= 11 is 0. The topological polar surface area (TPSA) is 63.6 Å². The van der Waals surface area contributed by atoms with E-state index in [4.69, 9.17) is 5.11 Å². The lowest BCUT2D eigenvalue weighted by molar-refractivity contribution is -0.141. The number of carbonyl (C=O) groups excluding carboxylic acids is 2. The molecule has 4 nitrogen and oxygen atoms in total. The highest BCUT2D eigenvalue weighted by molar-refractivity contribution is 6.00. The van der Waals surface area contributed by atoms with Gasteiger partial charge in [0.2, 0.25) is 0 Å². The van der Waals surface area contributed by atoms with Gasteiger partial charge in [-0.05, 0) is 12.0 Å². The Labute approximate surface area is 100 Å². The fourth-order valence-corrected chi connectivity index (χ4v) is 1.58. The molecule has 0 radical (unpaired) electrons. The van der Waals surface area contributed by atoms with Crippen LogP contribution in [-0.4, -0.2) is 30.1 Å². The second kappa shape index (κ2) is 6.81. The normalized spacial score (nSPS) is 12.5. The zero-order valence-electron chi connectivity index (χ0n) is 9.81. The van der Waals surface area contributed by atoms with E-state index in [2.05, 4.69) is 4.74 Å². The van der Waals surface area contributed by atoms with Crippen LogP contribution in [0.4, 0.5) is 0 Å². The maximum atomic E-state index is 11.1. The number of Topliss-reactive ketones (excluding diaryl/α,β-unsaturated/α-hetero) is 1. The van der Waals surface area contributed by atoms with E-state index in [-0.39, 0.29) is 19.2 Å². The second-order valence-corrected chi connectivity index (χ2v) is 3.64. The Bertz CT molecular complexity index is 398. The molecule has 0 heterocycles. The Morgan fingerprint density at radius 1 is 1.35 bits per heavy atom. The van der Waals surface area contributed by atoms with Crippen molar-refractivity contribution in [2.45, 2.75) is 19.8 Å². The second-order valence-electron chi connectivity index (χ2n) is 3.64. The van der Waals surface area contributed by atoms with Crippen molar-refractivity contribution in [1.82, 2.24) is 0 Å². The van der Waals surface area contributed by atoms with Crippen molar-refractivity contribution in [3.63, 3.8) is 0 Å². The molecule has 1 N–H and O–H groups in total. The van der Waals surface area contributed by atoms with Gasteiger partial charge in [0.25, 0.3) is 0 Å². The minimum Gasteiger partial charge on any atom is -0.463 e. The third kappa shape index (κ3) is 4.36. The fourth-order valence-electron chi connectivity index (χ4n) is 1.58. The van der Waals surface area contributed by atoms with Gasteiger partial charge in [-0.15, -0.1) is 0 Å². The van der Waals surface area contributed by atoms with Crippen molar-refractivity contribution in [1.29, 1.82) is 0 Å². The molecule has 0 saturated carbocycles. The molecular weight excluding hydrogens is 220 g/mol. The van der Waals surface area contributed by atoms with Crippen LogP contribution in [0, 0.1) is 0 Å². The third-order valence-corrected chi connectivity index (χ3v) is 2.34. The van der Waals surface area contributed by atoms with E-state index in [1.807, 2.05) is 24.3 Å². The third-order valence-electron chi connectivity index (χ3n) is 2.34. The number of ether oxygens (including phenoxy) is 1. The summed E-state index contributed by atoms with van der Waals surface area (Å²) in [6, 6.07) is 7.84. The summed E-state index contributed by atoms with van der Waals surface area (Å²) in [5.41, 5.74) is 2.15. The molecule has 0 unspecified atom stereocenters. The van der Waals surface area contributed by atoms with Gasteiger partial charge in [0.05, 0.1) is 6.61 Å². The molecule has 0 saturated heterocycles. The van der Waals surface area contributed by atoms with Gasteiger partial charge in [0.15, 0.2) is 5.78 Å². The van der Waals surface area contributed by atoms with Gasteiger partial charge in [-0.2, -0.15) is 0 Å². The smallest absolute Gasteiger partial charge is 0.302 e. The molecule has 1 aromatic rings. The van der Waals surface area contributed by atoms with Crippen molar-refractivity contribution >= 4 is 11.8 Å². The first-order valence-corrected chi connectivity index (χ1v) is 5.50. The molecule has 92 valence electrons. The number of fused-ring (bicyclic) bond motifs is 1. The summed E-state index contributed by atoms with van der Waals surface area (Å²) in [5.74, 6) is -0.0512. The van der Waals surface area contributed by atoms with Crippen LogP contribution < -0.4 is 0 Å². The quantitative estimate of drug-likeness (QED) is 0.787. The van der Waals surface area contributed by atoms with E-state index in [0.717, 1.165) is 12.0 Å². The molecular formula is C13H16O4. The van der Waals surface area contributed by atoms with Crippen LogP contribution in [0.5, 0.6) is 0 Å². The van der Waals surface area contributed by atoms with E-state index in [1.54, 1.807) is 0 Å². The lowest BCUT2D eigenvalue weighted by Gasteiger charge is -1.93. The predicted octanol–water partition coefficient (Wildman–Crippen LogP) is 1.36. The van der Waals surface area contributed by atoms with E-state index in [9.17, 15) is 9.59 Å². The van der Waals surface area contributed by atoms with Crippen LogP contribution >= 0.6 is 0 Å². The van der Waals surface area contributed by atoms with Crippen LogP contribution in [0.2, 0.25) is 0 Å². The lowest BCUT2D eigenvalue weighted by atomic mass is 10.1. The van der Waals surface area contributed by atoms with Crippen LogP contribution in [0.15, 0.2) is 24.3 Å². The molecule has 17 heavy (non-hydrogen) atoms. The summed E-state index contributed by atoms with van der Waals surface area (Å²) in [5, 5.41) is 8.04. The number of carbonyl (C=O) groups is 2. The van der Waals surface area contributed by atoms with E-state index in [0.29, 0.717) is 12.2 Å². The fraction of sp³-hybridized carbons (Fsp3) is 0.385. The molecule has 0 spiro atoms. The Morgan fingerprint density at radius 2 is 2.06 bits per heavy atom. The predicted molar refractivity (Wildman–Crippen MR) is 62.8 cm³/mol. The van der Waals surface area contributed by atoms with Gasteiger partial charge in [0, 0.05) is 18.9 Å². The van der Waals surface area contributed by atoms with E-state index < -0.39 is 0 Å². The number of hydrogen-bond acceptors (Lipinski definition) is 4. The number of aliphatic hydroxyl groups is 1. The first-order chi connectivity index (χ1) is 8.15. The molecule has 0 bridgehead atoms. The summed E-state index contributed by atoms with van der Waals surface area (Å²) in [7, 11) is 0. The Kier molecular flexibility index (Phi) is 5.36. The zero-order chi connectivity index (χ0) is 12.7. The number of aliphatic hydroxyl groups excluding tert-OH is 1. The van der Waals surface area contributed by atoms with Gasteiger partial charge in [0.1, 0.15) is 6.61 Å². The van der Waals surface area contributed by atoms with Gasteiger partial charge in [-0.1, -0.05) is 24.3 Å². The number of hydrogen-bond donors (Lipinski definition) is 1. The number of aryl methyl sites for hydroxylation is 1. The van der Waals surface area contributed by atoms with Crippen molar-refractivity contribution < 1.29 is 19.4 Å². The van der Waals surface area contributed by atoms with E-state index >= 15 is 0 Å². The average molecular weight is 236 g/mol. The maximum absolute atomic E-state index is 11.1. The molecule has 0 aromatic heterocycles. The molecule has 0 fully saturated rings. The lowest BCUT2D eigenvalue weighted by Crippen LogP contribution is -2.03. The Balaban J connectivity index is 0.000000185. The first-order valence-electron chi connectivity index (χ1n) is 5.50. The number of rotatable bonds is 2. The first kappa shape index (κ1) is 13.4. The molecule has 1 aliphatic carbocycles. The molecule has 1 aliphatic rings. The molecule has 2 rings (SSSR count). The van der Waals surface area contributed by atoms with Crippen molar-refractivity contribution in [2.24, 2.45) is 0 Å². The Hall–Kier alpha value is -1.68. The standard InChI is InChI=1S/C9H8O.C4H8O3/c10-9-6-5-7-3-1-2-4-8(7)9;1-4(6)7-3-2-5/h1-4H,5-6H2;5H,2-3H2,1H3. The summed E-state index contributed by atoms with van der Waals surface area (Å²) in [6.07, 6.45) is 1.65. The van der Waals surface area contributed by atoms with Gasteiger partial charge in [-0.25, -0.2) is 0 Å². The zero-order valence-corrected chi connectivity index (χ0v) is 9.81. The maximum Gasteiger partial charge on any atom is 0.302 e. The van der Waals surface area contributed by atoms with Crippen LogP contribution in [0.3, 0.4) is 0 Å². The highest BCUT2D eigenvalue weighted by Gasteiger charge is 2.17. The highest BCUT2D eigenvalue weighted by Crippen LogP contribution is 2.20. The van der Waals surface area contributed by atoms with Crippen LogP contribution in [0.1, 0.15) is 29.3 Å². The van der Waals surface area contributed by atoms with Gasteiger partial charge in [-0.3, -0.25) is 9.59 Å². The SMILES string of the molecule is CC(=O)OCCO.O=C1CCc2ccccc21. The minimum absolute atomic E-state index is 0.0976. The number of benzene rings is 1. The molecule has 0 atom stereocenters. The average Bonchev–Trinajstić information content (AvgIpc) is 2.70. The molecule has 0 amide bonds. The van der Waals surface area contributed by atoms with E-state index in [1.165, 1.54) is 12.5 Å². The van der Waals surface area contributed by atoms with Crippen molar-refractivity contribution in [2.75, 3.05) is 13.2 Å².